The zero-order valence-corrected chi connectivity index (χ0v) is 12.9. The maximum absolute atomic E-state index is 4.52. The highest BCUT2D eigenvalue weighted by molar-refractivity contribution is 7.10. The van der Waals surface area contributed by atoms with Crippen molar-refractivity contribution in [1.82, 2.24) is 19.9 Å². The Balaban J connectivity index is 1.97. The van der Waals surface area contributed by atoms with Crippen molar-refractivity contribution in [2.24, 2.45) is 0 Å². The molecule has 3 heterocycles. The number of H-pyrrole nitrogens is 1. The van der Waals surface area contributed by atoms with Gasteiger partial charge >= 0.3 is 0 Å². The van der Waals surface area contributed by atoms with Gasteiger partial charge in [0.15, 0.2) is 11.5 Å². The van der Waals surface area contributed by atoms with E-state index in [9.17, 15) is 0 Å². The Kier molecular flexibility index (Phi) is 4.01. The fourth-order valence-corrected chi connectivity index (χ4v) is 3.09. The molecule has 7 heteroatoms. The van der Waals surface area contributed by atoms with Crippen molar-refractivity contribution < 1.29 is 0 Å². The third kappa shape index (κ3) is 2.82. The SMILES string of the molecule is CCCC(Nc1nc(NC)nc2nc[nH]c12)c1cccs1. The zero-order valence-electron chi connectivity index (χ0n) is 12.1. The molecule has 6 nitrogen and oxygen atoms in total. The molecule has 3 aromatic heterocycles. The number of imidazole rings is 1. The van der Waals surface area contributed by atoms with Gasteiger partial charge in [-0.2, -0.15) is 9.97 Å². The van der Waals surface area contributed by atoms with Crippen LogP contribution < -0.4 is 10.6 Å². The molecule has 0 fully saturated rings. The van der Waals surface area contributed by atoms with Crippen molar-refractivity contribution >= 4 is 34.3 Å². The predicted molar refractivity (Wildman–Crippen MR) is 86.8 cm³/mol. The smallest absolute Gasteiger partial charge is 0.226 e. The van der Waals surface area contributed by atoms with Crippen LogP contribution in [0.1, 0.15) is 30.7 Å². The number of rotatable bonds is 6. The quantitative estimate of drug-likeness (QED) is 0.650. The number of aromatic amines is 1. The van der Waals surface area contributed by atoms with Gasteiger partial charge in [-0.25, -0.2) is 4.98 Å². The van der Waals surface area contributed by atoms with Gasteiger partial charge in [-0.05, 0) is 17.9 Å². The molecule has 0 aliphatic heterocycles. The molecular weight excluding hydrogens is 284 g/mol. The molecule has 1 atom stereocenters. The van der Waals surface area contributed by atoms with E-state index in [1.54, 1.807) is 24.7 Å². The molecule has 0 radical (unpaired) electrons. The van der Waals surface area contributed by atoms with Crippen LogP contribution in [0.3, 0.4) is 0 Å². The first-order chi connectivity index (χ1) is 10.3. The highest BCUT2D eigenvalue weighted by atomic mass is 32.1. The van der Waals surface area contributed by atoms with E-state index in [0.717, 1.165) is 24.2 Å². The Morgan fingerprint density at radius 1 is 1.38 bits per heavy atom. The van der Waals surface area contributed by atoms with Gasteiger partial charge in [-0.1, -0.05) is 19.4 Å². The molecule has 0 aliphatic carbocycles. The lowest BCUT2D eigenvalue weighted by molar-refractivity contribution is 0.685. The van der Waals surface area contributed by atoms with Gasteiger partial charge in [0.05, 0.1) is 12.4 Å². The number of anilines is 2. The van der Waals surface area contributed by atoms with E-state index in [0.29, 0.717) is 11.6 Å². The van der Waals surface area contributed by atoms with Crippen LogP contribution in [0.5, 0.6) is 0 Å². The molecular formula is C14H18N6S. The molecule has 0 aliphatic rings. The summed E-state index contributed by atoms with van der Waals surface area (Å²) in [6.07, 6.45) is 3.80. The lowest BCUT2D eigenvalue weighted by Crippen LogP contribution is -2.12. The number of aromatic nitrogens is 4. The summed E-state index contributed by atoms with van der Waals surface area (Å²) in [4.78, 5) is 17.5. The molecule has 3 rings (SSSR count). The second kappa shape index (κ2) is 6.09. The zero-order chi connectivity index (χ0) is 14.7. The summed E-state index contributed by atoms with van der Waals surface area (Å²) in [5.74, 6) is 1.35. The second-order valence-corrected chi connectivity index (χ2v) is 5.73. The summed E-state index contributed by atoms with van der Waals surface area (Å²) in [7, 11) is 1.81. The standard InChI is InChI=1S/C14H18N6S/c1-3-5-9(10-6-4-7-21-10)18-13-11-12(17-8-16-11)19-14(15-2)20-13/h4,6-9H,3,5H2,1-2H3,(H3,15,16,17,18,19,20). The number of hydrogen-bond donors (Lipinski definition) is 3. The number of thiophene rings is 1. The van der Waals surface area contributed by atoms with E-state index < -0.39 is 0 Å². The van der Waals surface area contributed by atoms with Gasteiger partial charge < -0.3 is 15.6 Å². The molecule has 110 valence electrons. The van der Waals surface area contributed by atoms with E-state index in [4.69, 9.17) is 0 Å². The largest absolute Gasteiger partial charge is 0.360 e. The van der Waals surface area contributed by atoms with Gasteiger partial charge in [-0.3, -0.25) is 0 Å². The average Bonchev–Trinajstić information content (AvgIpc) is 3.17. The van der Waals surface area contributed by atoms with E-state index in [1.165, 1.54) is 4.88 Å². The molecule has 0 bridgehead atoms. The number of hydrogen-bond acceptors (Lipinski definition) is 6. The van der Waals surface area contributed by atoms with Crippen molar-refractivity contribution in [2.75, 3.05) is 17.7 Å². The second-order valence-electron chi connectivity index (χ2n) is 4.75. The van der Waals surface area contributed by atoms with Crippen molar-refractivity contribution in [3.05, 3.63) is 28.7 Å². The molecule has 0 aromatic carbocycles. The van der Waals surface area contributed by atoms with Crippen LogP contribution >= 0.6 is 11.3 Å². The van der Waals surface area contributed by atoms with Gasteiger partial charge in [0, 0.05) is 11.9 Å². The van der Waals surface area contributed by atoms with Crippen LogP contribution in [0, 0.1) is 0 Å². The molecule has 3 N–H and O–H groups in total. The molecule has 21 heavy (non-hydrogen) atoms. The molecule has 0 amide bonds. The molecule has 3 aromatic rings. The summed E-state index contributed by atoms with van der Waals surface area (Å²) in [6, 6.07) is 4.48. The third-order valence-electron chi connectivity index (χ3n) is 3.28. The molecule has 1 unspecified atom stereocenters. The summed E-state index contributed by atoms with van der Waals surface area (Å²) in [5.41, 5.74) is 1.50. The first kappa shape index (κ1) is 13.8. The predicted octanol–water partition coefficient (Wildman–Crippen LogP) is 3.41. The Morgan fingerprint density at radius 3 is 3.00 bits per heavy atom. The van der Waals surface area contributed by atoms with E-state index in [-0.39, 0.29) is 6.04 Å². The summed E-state index contributed by atoms with van der Waals surface area (Å²) < 4.78 is 0. The minimum atomic E-state index is 0.251. The van der Waals surface area contributed by atoms with Crippen LogP contribution in [0.15, 0.2) is 23.8 Å². The van der Waals surface area contributed by atoms with E-state index >= 15 is 0 Å². The van der Waals surface area contributed by atoms with Crippen LogP contribution in [-0.4, -0.2) is 27.0 Å². The highest BCUT2D eigenvalue weighted by Crippen LogP contribution is 2.29. The Morgan fingerprint density at radius 2 is 2.29 bits per heavy atom. The van der Waals surface area contributed by atoms with Gasteiger partial charge in [0.1, 0.15) is 5.52 Å². The van der Waals surface area contributed by atoms with Crippen LogP contribution in [0.2, 0.25) is 0 Å². The van der Waals surface area contributed by atoms with Crippen molar-refractivity contribution in [3.63, 3.8) is 0 Å². The van der Waals surface area contributed by atoms with Crippen LogP contribution in [0.25, 0.3) is 11.2 Å². The van der Waals surface area contributed by atoms with Crippen molar-refractivity contribution in [1.29, 1.82) is 0 Å². The fourth-order valence-electron chi connectivity index (χ4n) is 2.28. The summed E-state index contributed by atoms with van der Waals surface area (Å²) in [5, 5.41) is 8.61. The Bertz CT molecular complexity index is 705. The molecule has 0 saturated heterocycles. The average molecular weight is 302 g/mol. The first-order valence-electron chi connectivity index (χ1n) is 7.00. The van der Waals surface area contributed by atoms with Gasteiger partial charge in [0.2, 0.25) is 5.95 Å². The Hall–Kier alpha value is -2.15. The van der Waals surface area contributed by atoms with Crippen molar-refractivity contribution in [2.45, 2.75) is 25.8 Å². The van der Waals surface area contributed by atoms with Gasteiger partial charge in [0.25, 0.3) is 0 Å². The molecule has 0 saturated carbocycles. The van der Waals surface area contributed by atoms with E-state index in [2.05, 4.69) is 55.0 Å². The minimum absolute atomic E-state index is 0.251. The lowest BCUT2D eigenvalue weighted by atomic mass is 10.1. The maximum atomic E-state index is 4.52. The molecule has 0 spiro atoms. The summed E-state index contributed by atoms with van der Waals surface area (Å²) >= 11 is 1.76. The van der Waals surface area contributed by atoms with Crippen molar-refractivity contribution in [3.8, 4) is 0 Å². The minimum Gasteiger partial charge on any atom is -0.360 e. The summed E-state index contributed by atoms with van der Waals surface area (Å²) in [6.45, 7) is 2.19. The maximum Gasteiger partial charge on any atom is 0.226 e. The topological polar surface area (TPSA) is 78.5 Å². The number of nitrogens with zero attached hydrogens (tertiary/aromatic N) is 3. The normalized spacial score (nSPS) is 12.5. The lowest BCUT2D eigenvalue weighted by Gasteiger charge is -2.18. The Labute approximate surface area is 127 Å². The van der Waals surface area contributed by atoms with Gasteiger partial charge in [-0.15, -0.1) is 11.3 Å². The highest BCUT2D eigenvalue weighted by Gasteiger charge is 2.16. The third-order valence-corrected chi connectivity index (χ3v) is 4.27. The van der Waals surface area contributed by atoms with Crippen LogP contribution in [0.4, 0.5) is 11.8 Å². The number of nitrogens with one attached hydrogen (secondary N) is 3. The van der Waals surface area contributed by atoms with E-state index in [1.807, 2.05) is 0 Å². The first-order valence-corrected chi connectivity index (χ1v) is 7.88. The monoisotopic (exact) mass is 302 g/mol. The van der Waals surface area contributed by atoms with Crippen LogP contribution in [-0.2, 0) is 0 Å². The fraction of sp³-hybridized carbons (Fsp3) is 0.357. The number of fused-ring (bicyclic) bond motifs is 1.